The summed E-state index contributed by atoms with van der Waals surface area (Å²) in [6.45, 7) is 0. The van der Waals surface area contributed by atoms with Crippen molar-refractivity contribution < 1.29 is 30.6 Å². The number of fused-ring (bicyclic) bond motifs is 1. The van der Waals surface area contributed by atoms with Crippen molar-refractivity contribution in [1.29, 1.82) is 0 Å². The molecule has 2 aromatic carbocycles. The Morgan fingerprint density at radius 1 is 0.880 bits per heavy atom. The van der Waals surface area contributed by atoms with Crippen LogP contribution in [0.1, 0.15) is 16.7 Å². The van der Waals surface area contributed by atoms with Crippen molar-refractivity contribution in [1.82, 2.24) is 0 Å². The standard InChI is InChI=1S/C15H8F6N2OS/c16-14(17,18)8-5-9(15(19,20)21)7-10(6-8)22-13-11-3-1-2-4-12(11)25(24)23-13/h1-7H,(H,22,23). The minimum atomic E-state index is -4.95. The molecule has 0 bridgehead atoms. The molecule has 132 valence electrons. The quantitative estimate of drug-likeness (QED) is 0.736. The number of nitrogens with one attached hydrogen (secondary N) is 1. The predicted octanol–water partition coefficient (Wildman–Crippen LogP) is 4.62. The summed E-state index contributed by atoms with van der Waals surface area (Å²) in [6, 6.07) is 7.34. The van der Waals surface area contributed by atoms with E-state index in [2.05, 4.69) is 9.71 Å². The van der Waals surface area contributed by atoms with E-state index in [0.717, 1.165) is 0 Å². The fourth-order valence-corrected chi connectivity index (χ4v) is 3.21. The van der Waals surface area contributed by atoms with Gasteiger partial charge in [-0.2, -0.15) is 30.7 Å². The van der Waals surface area contributed by atoms with E-state index in [-0.39, 0.29) is 11.9 Å². The van der Waals surface area contributed by atoms with Crippen molar-refractivity contribution in [2.24, 2.45) is 4.40 Å². The third kappa shape index (κ3) is 3.53. The van der Waals surface area contributed by atoms with Crippen molar-refractivity contribution in [3.63, 3.8) is 0 Å². The highest BCUT2D eigenvalue weighted by Gasteiger charge is 2.37. The smallest absolute Gasteiger partial charge is 0.339 e. The number of amidine groups is 1. The summed E-state index contributed by atoms with van der Waals surface area (Å²) >= 11 is 0. The van der Waals surface area contributed by atoms with Crippen LogP contribution in [0, 0.1) is 0 Å². The molecule has 0 aromatic heterocycles. The Hall–Kier alpha value is -2.36. The van der Waals surface area contributed by atoms with Crippen LogP contribution in [0.5, 0.6) is 0 Å². The third-order valence-corrected chi connectivity index (χ3v) is 4.44. The highest BCUT2D eigenvalue weighted by molar-refractivity contribution is 7.84. The molecule has 0 amide bonds. The van der Waals surface area contributed by atoms with Gasteiger partial charge < -0.3 is 5.32 Å². The molecule has 1 aliphatic heterocycles. The van der Waals surface area contributed by atoms with E-state index < -0.39 is 40.2 Å². The number of benzene rings is 2. The molecule has 0 spiro atoms. The van der Waals surface area contributed by atoms with Gasteiger partial charge in [0, 0.05) is 11.3 Å². The Morgan fingerprint density at radius 3 is 2.00 bits per heavy atom. The van der Waals surface area contributed by atoms with Crippen LogP contribution < -0.4 is 5.32 Å². The molecular formula is C15H8F6N2OS. The van der Waals surface area contributed by atoms with Gasteiger partial charge in [-0.15, -0.1) is 0 Å². The molecule has 0 saturated carbocycles. The fourth-order valence-electron chi connectivity index (χ4n) is 2.25. The van der Waals surface area contributed by atoms with Gasteiger partial charge >= 0.3 is 12.4 Å². The maximum absolute atomic E-state index is 12.9. The second kappa shape index (κ2) is 5.87. The minimum Gasteiger partial charge on any atom is -0.339 e. The number of halogens is 6. The van der Waals surface area contributed by atoms with Gasteiger partial charge in [-0.25, -0.2) is 4.21 Å². The summed E-state index contributed by atoms with van der Waals surface area (Å²) in [5, 5.41) is 2.41. The molecule has 1 atom stereocenters. The molecule has 10 heteroatoms. The van der Waals surface area contributed by atoms with Crippen molar-refractivity contribution in [2.75, 3.05) is 5.32 Å². The van der Waals surface area contributed by atoms with Crippen LogP contribution in [0.2, 0.25) is 0 Å². The van der Waals surface area contributed by atoms with Gasteiger partial charge in [-0.3, -0.25) is 0 Å². The van der Waals surface area contributed by atoms with E-state index in [1.54, 1.807) is 12.1 Å². The minimum absolute atomic E-state index is 0.0355. The van der Waals surface area contributed by atoms with E-state index in [1.807, 2.05) is 0 Å². The topological polar surface area (TPSA) is 41.5 Å². The monoisotopic (exact) mass is 378 g/mol. The Morgan fingerprint density at radius 2 is 1.44 bits per heavy atom. The number of hydrogen-bond acceptors (Lipinski definition) is 2. The first-order chi connectivity index (χ1) is 11.6. The summed E-state index contributed by atoms with van der Waals surface area (Å²) < 4.78 is 92.9. The van der Waals surface area contributed by atoms with Gasteiger partial charge in [0.2, 0.25) is 0 Å². The van der Waals surface area contributed by atoms with Crippen molar-refractivity contribution >= 4 is 22.5 Å². The SMILES string of the molecule is O=S1N=C(Nc2cc(C(F)(F)F)cc(C(F)(F)F)c2)c2ccccc21. The first-order valence-electron chi connectivity index (χ1n) is 6.72. The lowest BCUT2D eigenvalue weighted by Gasteiger charge is -2.15. The summed E-state index contributed by atoms with van der Waals surface area (Å²) in [5.74, 6) is -0.0543. The molecule has 1 aliphatic rings. The zero-order chi connectivity index (χ0) is 18.4. The molecule has 3 nitrogen and oxygen atoms in total. The molecule has 25 heavy (non-hydrogen) atoms. The Bertz CT molecular complexity index is 856. The van der Waals surface area contributed by atoms with Crippen molar-refractivity contribution in [3.05, 3.63) is 59.2 Å². The average Bonchev–Trinajstić information content (AvgIpc) is 2.82. The number of hydrogen-bond donors (Lipinski definition) is 1. The lowest BCUT2D eigenvalue weighted by molar-refractivity contribution is -0.143. The van der Waals surface area contributed by atoms with E-state index in [1.165, 1.54) is 12.1 Å². The van der Waals surface area contributed by atoms with Gasteiger partial charge in [-0.05, 0) is 30.3 Å². The maximum Gasteiger partial charge on any atom is 0.416 e. The summed E-state index contributed by atoms with van der Waals surface area (Å²) in [6.07, 6.45) is -9.90. The third-order valence-electron chi connectivity index (χ3n) is 3.35. The second-order valence-corrected chi connectivity index (χ2v) is 6.23. The molecule has 1 N–H and O–H groups in total. The van der Waals surface area contributed by atoms with Crippen molar-refractivity contribution in [3.8, 4) is 0 Å². The number of anilines is 1. The maximum atomic E-state index is 12.9. The van der Waals surface area contributed by atoms with Gasteiger partial charge in [0.25, 0.3) is 0 Å². The van der Waals surface area contributed by atoms with Gasteiger partial charge in [-0.1, -0.05) is 12.1 Å². The largest absolute Gasteiger partial charge is 0.416 e. The molecular weight excluding hydrogens is 370 g/mol. The van der Waals surface area contributed by atoms with E-state index >= 15 is 0 Å². The van der Waals surface area contributed by atoms with Crippen LogP contribution in [-0.4, -0.2) is 10.0 Å². The highest BCUT2D eigenvalue weighted by Crippen LogP contribution is 2.38. The Kier molecular flexibility index (Phi) is 4.10. The van der Waals surface area contributed by atoms with Crippen LogP contribution in [0.3, 0.4) is 0 Å². The average molecular weight is 378 g/mol. The van der Waals surface area contributed by atoms with E-state index in [4.69, 9.17) is 0 Å². The van der Waals surface area contributed by atoms with E-state index in [0.29, 0.717) is 22.6 Å². The molecule has 0 saturated heterocycles. The second-order valence-electron chi connectivity index (χ2n) is 5.10. The molecule has 3 rings (SSSR count). The molecule has 1 heterocycles. The van der Waals surface area contributed by atoms with Crippen LogP contribution in [0.4, 0.5) is 32.0 Å². The molecule has 1 unspecified atom stereocenters. The lowest BCUT2D eigenvalue weighted by Crippen LogP contribution is -2.15. The number of rotatable bonds is 1. The number of nitrogens with zero attached hydrogens (tertiary/aromatic N) is 1. The van der Waals surface area contributed by atoms with Gasteiger partial charge in [0.15, 0.2) is 11.0 Å². The summed E-state index contributed by atoms with van der Waals surface area (Å²) in [4.78, 5) is 0.327. The fraction of sp³-hybridized carbons (Fsp3) is 0.133. The summed E-state index contributed by atoms with van der Waals surface area (Å²) in [7, 11) is -1.77. The summed E-state index contributed by atoms with van der Waals surface area (Å²) in [5.41, 5.74) is -2.99. The highest BCUT2D eigenvalue weighted by atomic mass is 32.2. The van der Waals surface area contributed by atoms with Crippen LogP contribution in [-0.2, 0) is 23.3 Å². The zero-order valence-electron chi connectivity index (χ0n) is 12.1. The van der Waals surface area contributed by atoms with Crippen molar-refractivity contribution in [2.45, 2.75) is 17.2 Å². The Balaban J connectivity index is 2.04. The first kappa shape index (κ1) is 17.5. The molecule has 0 radical (unpaired) electrons. The molecule has 0 aliphatic carbocycles. The Labute approximate surface area is 140 Å². The lowest BCUT2D eigenvalue weighted by atomic mass is 10.1. The molecule has 2 aromatic rings. The number of alkyl halides is 6. The molecule has 0 fully saturated rings. The normalized spacial score (nSPS) is 17.2. The predicted molar refractivity (Wildman–Crippen MR) is 79.5 cm³/mol. The van der Waals surface area contributed by atoms with Crippen LogP contribution in [0.15, 0.2) is 51.8 Å². The van der Waals surface area contributed by atoms with Gasteiger partial charge in [0.05, 0.1) is 16.0 Å². The first-order valence-corrected chi connectivity index (χ1v) is 7.83. The van der Waals surface area contributed by atoms with Crippen LogP contribution >= 0.6 is 0 Å². The van der Waals surface area contributed by atoms with E-state index in [9.17, 15) is 30.6 Å². The van der Waals surface area contributed by atoms with Gasteiger partial charge in [0.1, 0.15) is 5.84 Å². The zero-order valence-corrected chi connectivity index (χ0v) is 12.9. The van der Waals surface area contributed by atoms with Crippen LogP contribution in [0.25, 0.3) is 0 Å².